The molecule has 78 valence electrons. The zero-order valence-electron chi connectivity index (χ0n) is 9.26. The van der Waals surface area contributed by atoms with Crippen LogP contribution in [-0.4, -0.2) is 22.9 Å². The lowest BCUT2D eigenvalue weighted by Crippen LogP contribution is -2.25. The average molecular weight is 186 g/mol. The molecule has 1 heterocycles. The first kappa shape index (κ1) is 11.0. The van der Waals surface area contributed by atoms with Crippen molar-refractivity contribution in [2.45, 2.75) is 58.2 Å². The number of epoxide rings is 1. The van der Waals surface area contributed by atoms with Gasteiger partial charge in [0.2, 0.25) is 0 Å². The van der Waals surface area contributed by atoms with Crippen molar-refractivity contribution in [2.24, 2.45) is 5.92 Å². The van der Waals surface area contributed by atoms with Gasteiger partial charge in [0.1, 0.15) is 0 Å². The number of hydrogen-bond donors (Lipinski definition) is 1. The molecule has 0 aliphatic carbocycles. The third-order valence-corrected chi connectivity index (χ3v) is 3.06. The highest BCUT2D eigenvalue weighted by atomic mass is 16.6. The molecule has 1 saturated heterocycles. The molecule has 1 aliphatic rings. The summed E-state index contributed by atoms with van der Waals surface area (Å²) in [6.45, 7) is 9.01. The monoisotopic (exact) mass is 186 g/mol. The Balaban J connectivity index is 2.33. The van der Waals surface area contributed by atoms with E-state index in [1.165, 1.54) is 0 Å². The second-order valence-corrected chi connectivity index (χ2v) is 5.06. The first-order valence-corrected chi connectivity index (χ1v) is 5.24. The van der Waals surface area contributed by atoms with E-state index in [0.29, 0.717) is 5.92 Å². The largest absolute Gasteiger partial charge is 0.390 e. The second-order valence-electron chi connectivity index (χ2n) is 5.06. The number of rotatable bonds is 5. The van der Waals surface area contributed by atoms with E-state index in [1.54, 1.807) is 0 Å². The highest BCUT2D eigenvalue weighted by Gasteiger charge is 2.45. The van der Waals surface area contributed by atoms with Gasteiger partial charge < -0.3 is 9.84 Å². The molecule has 0 aromatic rings. The minimum atomic E-state index is -0.529. The summed E-state index contributed by atoms with van der Waals surface area (Å²) in [6, 6.07) is 0. The maximum absolute atomic E-state index is 9.61. The normalized spacial score (nSPS) is 30.2. The Morgan fingerprint density at radius 2 is 2.08 bits per heavy atom. The lowest BCUT2D eigenvalue weighted by molar-refractivity contribution is 0.0575. The summed E-state index contributed by atoms with van der Waals surface area (Å²) in [5.41, 5.74) is -0.404. The van der Waals surface area contributed by atoms with Crippen LogP contribution in [0, 0.1) is 5.92 Å². The molecule has 0 radical (unpaired) electrons. The molecule has 0 aromatic heterocycles. The molecule has 0 saturated carbocycles. The summed E-state index contributed by atoms with van der Waals surface area (Å²) in [5, 5.41) is 9.61. The van der Waals surface area contributed by atoms with Crippen LogP contribution in [0.2, 0.25) is 0 Å². The van der Waals surface area contributed by atoms with Crippen molar-refractivity contribution in [2.75, 3.05) is 6.61 Å². The van der Waals surface area contributed by atoms with Crippen LogP contribution in [0.15, 0.2) is 0 Å². The molecule has 1 aliphatic heterocycles. The summed E-state index contributed by atoms with van der Waals surface area (Å²) < 4.78 is 5.43. The van der Waals surface area contributed by atoms with Gasteiger partial charge in [0.25, 0.3) is 0 Å². The van der Waals surface area contributed by atoms with Gasteiger partial charge in [-0.3, -0.25) is 0 Å². The Hall–Kier alpha value is -0.0800. The number of ether oxygens (including phenoxy) is 1. The van der Waals surface area contributed by atoms with Gasteiger partial charge in [-0.1, -0.05) is 13.3 Å². The van der Waals surface area contributed by atoms with Crippen LogP contribution >= 0.6 is 0 Å². The van der Waals surface area contributed by atoms with Gasteiger partial charge in [-0.05, 0) is 39.5 Å². The molecule has 1 rings (SSSR count). The summed E-state index contributed by atoms with van der Waals surface area (Å²) in [7, 11) is 0. The first-order chi connectivity index (χ1) is 5.87. The summed E-state index contributed by atoms with van der Waals surface area (Å²) in [5.74, 6) is 0.610. The minimum Gasteiger partial charge on any atom is -0.390 e. The number of hydrogen-bond acceptors (Lipinski definition) is 2. The van der Waals surface area contributed by atoms with Crippen molar-refractivity contribution >= 4 is 0 Å². The van der Waals surface area contributed by atoms with E-state index < -0.39 is 5.60 Å². The van der Waals surface area contributed by atoms with Crippen LogP contribution in [0.25, 0.3) is 0 Å². The molecular formula is C11H22O2. The molecule has 0 bridgehead atoms. The van der Waals surface area contributed by atoms with E-state index in [2.05, 4.69) is 13.8 Å². The van der Waals surface area contributed by atoms with Gasteiger partial charge in [0.15, 0.2) is 0 Å². The quantitative estimate of drug-likeness (QED) is 0.668. The van der Waals surface area contributed by atoms with Gasteiger partial charge in [-0.15, -0.1) is 0 Å². The van der Waals surface area contributed by atoms with E-state index in [1.807, 2.05) is 13.8 Å². The molecule has 2 heteroatoms. The molecule has 0 spiro atoms. The van der Waals surface area contributed by atoms with Crippen molar-refractivity contribution < 1.29 is 9.84 Å². The van der Waals surface area contributed by atoms with E-state index in [-0.39, 0.29) is 5.60 Å². The molecule has 1 N–H and O–H groups in total. The lowest BCUT2D eigenvalue weighted by atomic mass is 9.85. The Morgan fingerprint density at radius 3 is 2.38 bits per heavy atom. The highest BCUT2D eigenvalue weighted by molar-refractivity contribution is 4.93. The smallest absolute Gasteiger partial charge is 0.0916 e. The van der Waals surface area contributed by atoms with Crippen molar-refractivity contribution in [1.82, 2.24) is 0 Å². The number of aliphatic hydroxyl groups is 1. The first-order valence-electron chi connectivity index (χ1n) is 5.24. The van der Waals surface area contributed by atoms with Crippen molar-refractivity contribution in [1.29, 1.82) is 0 Å². The predicted octanol–water partition coefficient (Wildman–Crippen LogP) is 2.35. The molecular weight excluding hydrogens is 164 g/mol. The minimum absolute atomic E-state index is 0.125. The van der Waals surface area contributed by atoms with Crippen LogP contribution < -0.4 is 0 Å². The van der Waals surface area contributed by atoms with Crippen LogP contribution in [0.5, 0.6) is 0 Å². The standard InChI is InChI=1S/C11H22O2/c1-5-9(11(4)8-13-11)6-7-10(2,3)12/h9,12H,5-8H2,1-4H3. The van der Waals surface area contributed by atoms with Crippen molar-refractivity contribution in [3.63, 3.8) is 0 Å². The lowest BCUT2D eigenvalue weighted by Gasteiger charge is -2.23. The third-order valence-electron chi connectivity index (χ3n) is 3.06. The molecule has 13 heavy (non-hydrogen) atoms. The molecule has 0 amide bonds. The van der Waals surface area contributed by atoms with Crippen molar-refractivity contribution in [3.05, 3.63) is 0 Å². The zero-order valence-corrected chi connectivity index (χ0v) is 9.26. The van der Waals surface area contributed by atoms with E-state index in [4.69, 9.17) is 4.74 Å². The van der Waals surface area contributed by atoms with Gasteiger partial charge in [-0.25, -0.2) is 0 Å². The Labute approximate surface area is 81.3 Å². The zero-order chi connectivity index (χ0) is 10.1. The second kappa shape index (κ2) is 3.58. The van der Waals surface area contributed by atoms with Crippen LogP contribution in [-0.2, 0) is 4.74 Å². The fourth-order valence-electron chi connectivity index (χ4n) is 1.82. The Morgan fingerprint density at radius 1 is 1.54 bits per heavy atom. The van der Waals surface area contributed by atoms with Gasteiger partial charge in [-0.2, -0.15) is 0 Å². The summed E-state index contributed by atoms with van der Waals surface area (Å²) >= 11 is 0. The van der Waals surface area contributed by atoms with Gasteiger partial charge in [0.05, 0.1) is 17.8 Å². The van der Waals surface area contributed by atoms with Crippen LogP contribution in [0.4, 0.5) is 0 Å². The predicted molar refractivity (Wildman–Crippen MR) is 53.7 cm³/mol. The van der Waals surface area contributed by atoms with Gasteiger partial charge >= 0.3 is 0 Å². The van der Waals surface area contributed by atoms with Gasteiger partial charge in [0, 0.05) is 0 Å². The van der Waals surface area contributed by atoms with E-state index in [0.717, 1.165) is 25.9 Å². The average Bonchev–Trinajstić information content (AvgIpc) is 2.67. The van der Waals surface area contributed by atoms with Crippen LogP contribution in [0.1, 0.15) is 47.0 Å². The maximum atomic E-state index is 9.61. The molecule has 2 atom stereocenters. The highest BCUT2D eigenvalue weighted by Crippen LogP contribution is 2.39. The van der Waals surface area contributed by atoms with E-state index >= 15 is 0 Å². The summed E-state index contributed by atoms with van der Waals surface area (Å²) in [6.07, 6.45) is 3.08. The molecule has 2 unspecified atom stereocenters. The fourth-order valence-corrected chi connectivity index (χ4v) is 1.82. The van der Waals surface area contributed by atoms with Crippen LogP contribution in [0.3, 0.4) is 0 Å². The van der Waals surface area contributed by atoms with Crippen molar-refractivity contribution in [3.8, 4) is 0 Å². The SMILES string of the molecule is CCC(CCC(C)(C)O)C1(C)CO1. The molecule has 0 aromatic carbocycles. The van der Waals surface area contributed by atoms with E-state index in [9.17, 15) is 5.11 Å². The topological polar surface area (TPSA) is 32.8 Å². The molecule has 1 fully saturated rings. The Kier molecular flexibility index (Phi) is 3.03. The fraction of sp³-hybridized carbons (Fsp3) is 1.00. The maximum Gasteiger partial charge on any atom is 0.0916 e. The Bertz CT molecular complexity index is 165. The summed E-state index contributed by atoms with van der Waals surface area (Å²) in [4.78, 5) is 0. The third kappa shape index (κ3) is 3.28. The molecule has 2 nitrogen and oxygen atoms in total.